The van der Waals surface area contributed by atoms with Gasteiger partial charge in [-0.1, -0.05) is 23.8 Å². The van der Waals surface area contributed by atoms with Crippen molar-refractivity contribution in [2.75, 3.05) is 5.32 Å². The fourth-order valence-electron chi connectivity index (χ4n) is 3.76. The molecule has 0 radical (unpaired) electrons. The van der Waals surface area contributed by atoms with Gasteiger partial charge >= 0.3 is 0 Å². The van der Waals surface area contributed by atoms with E-state index >= 15 is 0 Å². The zero-order valence-corrected chi connectivity index (χ0v) is 15.5. The molecule has 1 N–H and O–H groups in total. The van der Waals surface area contributed by atoms with E-state index in [0.717, 1.165) is 17.7 Å². The Morgan fingerprint density at radius 2 is 2.04 bits per heavy atom. The van der Waals surface area contributed by atoms with Gasteiger partial charge in [0.1, 0.15) is 0 Å². The Bertz CT molecular complexity index is 868. The molecule has 0 amide bonds. The van der Waals surface area contributed by atoms with Crippen LogP contribution in [0.1, 0.15) is 29.5 Å². The minimum atomic E-state index is -0.372. The summed E-state index contributed by atoms with van der Waals surface area (Å²) in [6.45, 7) is 0. The molecule has 1 aliphatic carbocycles. The number of allylic oxidation sites excluding steroid dienone is 2. The van der Waals surface area contributed by atoms with Crippen molar-refractivity contribution in [3.63, 3.8) is 0 Å². The van der Waals surface area contributed by atoms with Crippen LogP contribution in [0, 0.1) is 19.6 Å². The van der Waals surface area contributed by atoms with Gasteiger partial charge in [0, 0.05) is 37.9 Å². The van der Waals surface area contributed by atoms with Crippen molar-refractivity contribution in [1.82, 2.24) is 0 Å². The molecular weight excluding hydrogens is 439 g/mol. The van der Waals surface area contributed by atoms with Crippen molar-refractivity contribution in [3.05, 3.63) is 78.4 Å². The van der Waals surface area contributed by atoms with Crippen molar-refractivity contribution < 1.29 is 4.92 Å². The molecule has 6 heteroatoms. The number of benzene rings is 2. The third kappa shape index (κ3) is 2.59. The number of hydrogen-bond donors (Lipinski definition) is 1. The lowest BCUT2D eigenvalue weighted by Gasteiger charge is -2.37. The van der Waals surface area contributed by atoms with Gasteiger partial charge in [-0.25, -0.2) is 0 Å². The molecule has 2 aromatic rings. The van der Waals surface area contributed by atoms with Crippen LogP contribution in [0.2, 0.25) is 5.02 Å². The van der Waals surface area contributed by atoms with Crippen LogP contribution in [-0.2, 0) is 0 Å². The monoisotopic (exact) mass is 452 g/mol. The summed E-state index contributed by atoms with van der Waals surface area (Å²) >= 11 is 8.72. The maximum Gasteiger partial charge on any atom is 0.269 e. The fourth-order valence-corrected chi connectivity index (χ4v) is 4.51. The Morgan fingerprint density at radius 1 is 1.21 bits per heavy atom. The molecule has 0 fully saturated rings. The van der Waals surface area contributed by atoms with E-state index in [-0.39, 0.29) is 16.7 Å². The molecule has 1 heterocycles. The summed E-state index contributed by atoms with van der Waals surface area (Å²) in [5, 5.41) is 15.3. The largest absolute Gasteiger partial charge is 0.378 e. The van der Waals surface area contributed by atoms with E-state index in [1.807, 2.05) is 0 Å². The SMILES string of the molecule is O=[N+]([O-])c1ccc(Cl)c(C2Nc3ccc(I)cc3C3C=CCC32)c1. The molecule has 4 nitrogen and oxygen atoms in total. The lowest BCUT2D eigenvalue weighted by molar-refractivity contribution is -0.384. The van der Waals surface area contributed by atoms with Gasteiger partial charge in [-0.2, -0.15) is 0 Å². The molecule has 3 atom stereocenters. The van der Waals surface area contributed by atoms with Crippen LogP contribution in [-0.4, -0.2) is 4.92 Å². The second-order valence-corrected chi connectivity index (χ2v) is 7.82. The number of nitrogens with one attached hydrogen (secondary N) is 1. The maximum absolute atomic E-state index is 11.1. The van der Waals surface area contributed by atoms with Gasteiger partial charge in [-0.3, -0.25) is 10.1 Å². The fraction of sp³-hybridized carbons (Fsp3) is 0.222. The quantitative estimate of drug-likeness (QED) is 0.276. The predicted molar refractivity (Wildman–Crippen MR) is 104 cm³/mol. The molecule has 0 aromatic heterocycles. The molecule has 2 aliphatic rings. The first-order chi connectivity index (χ1) is 11.5. The first-order valence-corrected chi connectivity index (χ1v) is 9.17. The highest BCUT2D eigenvalue weighted by atomic mass is 127. The molecule has 0 saturated heterocycles. The van der Waals surface area contributed by atoms with E-state index in [9.17, 15) is 10.1 Å². The number of non-ortho nitro benzene ring substituents is 1. The van der Waals surface area contributed by atoms with Gasteiger partial charge in [-0.05, 0) is 64.8 Å². The highest BCUT2D eigenvalue weighted by Crippen LogP contribution is 2.51. The molecule has 24 heavy (non-hydrogen) atoms. The van der Waals surface area contributed by atoms with Crippen LogP contribution in [0.3, 0.4) is 0 Å². The lowest BCUT2D eigenvalue weighted by atomic mass is 9.77. The number of hydrogen-bond acceptors (Lipinski definition) is 3. The molecule has 4 rings (SSSR count). The van der Waals surface area contributed by atoms with Crippen LogP contribution >= 0.6 is 34.2 Å². The molecule has 2 aromatic carbocycles. The normalized spacial score (nSPS) is 24.2. The summed E-state index contributed by atoms with van der Waals surface area (Å²) in [7, 11) is 0. The molecule has 0 spiro atoms. The Labute approximate surface area is 158 Å². The molecular formula is C18H14ClIN2O2. The summed E-state index contributed by atoms with van der Waals surface area (Å²) in [6, 6.07) is 11.0. The van der Waals surface area contributed by atoms with Crippen LogP contribution in [0.25, 0.3) is 0 Å². The summed E-state index contributed by atoms with van der Waals surface area (Å²) in [6.07, 6.45) is 5.38. The average Bonchev–Trinajstić information content (AvgIpc) is 3.04. The Balaban J connectivity index is 1.81. The molecule has 0 saturated carbocycles. The lowest BCUT2D eigenvalue weighted by Crippen LogP contribution is -2.29. The topological polar surface area (TPSA) is 55.2 Å². The second-order valence-electron chi connectivity index (χ2n) is 6.17. The minimum Gasteiger partial charge on any atom is -0.378 e. The Hall–Kier alpha value is -1.60. The first-order valence-electron chi connectivity index (χ1n) is 7.71. The second kappa shape index (κ2) is 6.04. The highest BCUT2D eigenvalue weighted by Gasteiger charge is 2.39. The van der Waals surface area contributed by atoms with E-state index < -0.39 is 0 Å². The van der Waals surface area contributed by atoms with E-state index in [1.165, 1.54) is 15.2 Å². The third-order valence-electron chi connectivity index (χ3n) is 4.85. The first kappa shape index (κ1) is 15.9. The van der Waals surface area contributed by atoms with Crippen molar-refractivity contribution in [3.8, 4) is 0 Å². The molecule has 122 valence electrons. The van der Waals surface area contributed by atoms with E-state index in [2.05, 4.69) is 58.3 Å². The maximum atomic E-state index is 11.1. The van der Waals surface area contributed by atoms with Crippen molar-refractivity contribution in [2.45, 2.75) is 18.4 Å². The minimum absolute atomic E-state index is 0.0371. The van der Waals surface area contributed by atoms with Crippen molar-refractivity contribution in [2.24, 2.45) is 5.92 Å². The molecule has 3 unspecified atom stereocenters. The van der Waals surface area contributed by atoms with E-state index in [1.54, 1.807) is 12.1 Å². The summed E-state index contributed by atoms with van der Waals surface area (Å²) < 4.78 is 1.21. The number of halogens is 2. The number of nitro benzene ring substituents is 1. The van der Waals surface area contributed by atoms with Crippen LogP contribution in [0.5, 0.6) is 0 Å². The number of nitrogens with zero attached hydrogens (tertiary/aromatic N) is 1. The van der Waals surface area contributed by atoms with E-state index in [4.69, 9.17) is 11.6 Å². The number of fused-ring (bicyclic) bond motifs is 3. The summed E-state index contributed by atoms with van der Waals surface area (Å²) in [5.41, 5.74) is 3.25. The summed E-state index contributed by atoms with van der Waals surface area (Å²) in [5.74, 6) is 0.631. The number of anilines is 1. The molecule has 1 aliphatic heterocycles. The van der Waals surface area contributed by atoms with Crippen LogP contribution < -0.4 is 5.32 Å². The van der Waals surface area contributed by atoms with E-state index in [0.29, 0.717) is 16.9 Å². The summed E-state index contributed by atoms with van der Waals surface area (Å²) in [4.78, 5) is 10.8. The standard InChI is InChI=1S/C18H14ClIN2O2/c19-16-6-5-11(22(23)24)9-15(16)18-13-3-1-2-12(13)14-8-10(20)4-7-17(14)21-18/h1-2,4-9,12-13,18,21H,3H2. The van der Waals surface area contributed by atoms with Crippen LogP contribution in [0.15, 0.2) is 48.6 Å². The Kier molecular flexibility index (Phi) is 4.00. The number of nitro groups is 1. The smallest absolute Gasteiger partial charge is 0.269 e. The van der Waals surface area contributed by atoms with Gasteiger partial charge in [0.05, 0.1) is 11.0 Å². The van der Waals surface area contributed by atoms with Crippen molar-refractivity contribution in [1.29, 1.82) is 0 Å². The van der Waals surface area contributed by atoms with Gasteiger partial charge in [0.25, 0.3) is 5.69 Å². The Morgan fingerprint density at radius 3 is 2.83 bits per heavy atom. The zero-order valence-electron chi connectivity index (χ0n) is 12.6. The van der Waals surface area contributed by atoms with Gasteiger partial charge in [0.15, 0.2) is 0 Å². The predicted octanol–water partition coefficient (Wildman–Crippen LogP) is 5.68. The van der Waals surface area contributed by atoms with Gasteiger partial charge in [0.2, 0.25) is 0 Å². The molecule has 0 bridgehead atoms. The van der Waals surface area contributed by atoms with Gasteiger partial charge in [-0.15, -0.1) is 0 Å². The van der Waals surface area contributed by atoms with Crippen LogP contribution in [0.4, 0.5) is 11.4 Å². The third-order valence-corrected chi connectivity index (χ3v) is 5.87. The number of rotatable bonds is 2. The zero-order chi connectivity index (χ0) is 16.8. The highest BCUT2D eigenvalue weighted by molar-refractivity contribution is 14.1. The van der Waals surface area contributed by atoms with Crippen molar-refractivity contribution >= 4 is 45.6 Å². The van der Waals surface area contributed by atoms with Gasteiger partial charge < -0.3 is 5.32 Å². The average molecular weight is 453 g/mol.